The first-order valence-electron chi connectivity index (χ1n) is 6.35. The number of nitrogens with one attached hydrogen (secondary N) is 1. The van der Waals surface area contributed by atoms with E-state index < -0.39 is 0 Å². The summed E-state index contributed by atoms with van der Waals surface area (Å²) < 4.78 is 13.3. The Balaban J connectivity index is 2.25. The standard InChI is InChI=1S/C16H14ClFN2/c1-2-16(11-4-3-5-13(18)8-11)20-14-6-7-15(17)12(9-14)10-19/h3-9,16,20H,2H2,1H3. The van der Waals surface area contributed by atoms with Crippen molar-refractivity contribution in [2.45, 2.75) is 19.4 Å². The van der Waals surface area contributed by atoms with Crippen LogP contribution in [0.2, 0.25) is 5.02 Å². The summed E-state index contributed by atoms with van der Waals surface area (Å²) in [5, 5.41) is 12.7. The van der Waals surface area contributed by atoms with Gasteiger partial charge in [-0.05, 0) is 42.3 Å². The summed E-state index contributed by atoms with van der Waals surface area (Å²) in [6, 6.07) is 13.7. The zero-order valence-electron chi connectivity index (χ0n) is 11.0. The van der Waals surface area contributed by atoms with E-state index in [0.717, 1.165) is 17.7 Å². The van der Waals surface area contributed by atoms with Crippen LogP contribution >= 0.6 is 11.6 Å². The Morgan fingerprint density at radius 2 is 2.10 bits per heavy atom. The van der Waals surface area contributed by atoms with Gasteiger partial charge in [0.1, 0.15) is 11.9 Å². The quantitative estimate of drug-likeness (QED) is 0.867. The normalized spacial score (nSPS) is 11.7. The van der Waals surface area contributed by atoms with Crippen molar-refractivity contribution >= 4 is 17.3 Å². The molecule has 0 saturated heterocycles. The number of anilines is 1. The summed E-state index contributed by atoms with van der Waals surface area (Å²) in [7, 11) is 0. The Morgan fingerprint density at radius 3 is 2.75 bits per heavy atom. The number of benzene rings is 2. The first kappa shape index (κ1) is 14.4. The van der Waals surface area contributed by atoms with Crippen LogP contribution in [-0.2, 0) is 0 Å². The maximum Gasteiger partial charge on any atom is 0.123 e. The lowest BCUT2D eigenvalue weighted by molar-refractivity contribution is 0.621. The van der Waals surface area contributed by atoms with Crippen molar-refractivity contribution in [2.75, 3.05) is 5.32 Å². The van der Waals surface area contributed by atoms with Crippen LogP contribution in [0, 0.1) is 17.1 Å². The van der Waals surface area contributed by atoms with Gasteiger partial charge in [-0.3, -0.25) is 0 Å². The molecule has 102 valence electrons. The van der Waals surface area contributed by atoms with Gasteiger partial charge in [0.25, 0.3) is 0 Å². The molecule has 1 N–H and O–H groups in total. The van der Waals surface area contributed by atoms with Gasteiger partial charge in [-0.25, -0.2) is 4.39 Å². The topological polar surface area (TPSA) is 35.8 Å². The number of hydrogen-bond acceptors (Lipinski definition) is 2. The molecule has 0 aliphatic carbocycles. The molecule has 0 heterocycles. The highest BCUT2D eigenvalue weighted by Crippen LogP contribution is 2.26. The first-order chi connectivity index (χ1) is 9.63. The zero-order chi connectivity index (χ0) is 14.5. The van der Waals surface area contributed by atoms with Crippen LogP contribution in [0.15, 0.2) is 42.5 Å². The van der Waals surface area contributed by atoms with Gasteiger partial charge in [0.05, 0.1) is 16.6 Å². The number of halogens is 2. The molecule has 20 heavy (non-hydrogen) atoms. The molecule has 0 spiro atoms. The van der Waals surface area contributed by atoms with E-state index in [-0.39, 0.29) is 11.9 Å². The molecule has 2 aromatic carbocycles. The van der Waals surface area contributed by atoms with E-state index in [1.165, 1.54) is 12.1 Å². The molecular weight excluding hydrogens is 275 g/mol. The molecule has 0 saturated carbocycles. The van der Waals surface area contributed by atoms with Crippen LogP contribution in [0.1, 0.15) is 30.5 Å². The van der Waals surface area contributed by atoms with Crippen molar-refractivity contribution in [2.24, 2.45) is 0 Å². The molecule has 0 aromatic heterocycles. The Hall–Kier alpha value is -2.05. The van der Waals surface area contributed by atoms with E-state index in [0.29, 0.717) is 10.6 Å². The molecule has 0 aliphatic heterocycles. The number of hydrogen-bond donors (Lipinski definition) is 1. The summed E-state index contributed by atoms with van der Waals surface area (Å²) in [5.41, 5.74) is 2.09. The van der Waals surface area contributed by atoms with Crippen LogP contribution in [0.3, 0.4) is 0 Å². The fourth-order valence-corrected chi connectivity index (χ4v) is 2.21. The molecule has 0 fully saturated rings. The van der Waals surface area contributed by atoms with Crippen molar-refractivity contribution in [1.29, 1.82) is 5.26 Å². The van der Waals surface area contributed by atoms with Gasteiger partial charge in [0.2, 0.25) is 0 Å². The van der Waals surface area contributed by atoms with Crippen LogP contribution in [0.25, 0.3) is 0 Å². The first-order valence-corrected chi connectivity index (χ1v) is 6.73. The second-order valence-corrected chi connectivity index (χ2v) is 4.87. The molecule has 0 radical (unpaired) electrons. The third-order valence-corrected chi connectivity index (χ3v) is 3.42. The third kappa shape index (κ3) is 3.28. The van der Waals surface area contributed by atoms with E-state index in [9.17, 15) is 4.39 Å². The van der Waals surface area contributed by atoms with Gasteiger partial charge in [0, 0.05) is 5.69 Å². The molecule has 1 atom stereocenters. The van der Waals surface area contributed by atoms with Gasteiger partial charge in [0.15, 0.2) is 0 Å². The van der Waals surface area contributed by atoms with E-state index in [2.05, 4.69) is 5.32 Å². The average molecular weight is 289 g/mol. The molecule has 2 nitrogen and oxygen atoms in total. The van der Waals surface area contributed by atoms with E-state index in [1.807, 2.05) is 25.1 Å². The van der Waals surface area contributed by atoms with Gasteiger partial charge < -0.3 is 5.32 Å². The molecular formula is C16H14ClFN2. The minimum absolute atomic E-state index is 0.0154. The predicted molar refractivity (Wildman–Crippen MR) is 79.2 cm³/mol. The van der Waals surface area contributed by atoms with Crippen LogP contribution in [0.5, 0.6) is 0 Å². The van der Waals surface area contributed by atoms with Gasteiger partial charge in [-0.2, -0.15) is 5.26 Å². The minimum Gasteiger partial charge on any atom is -0.378 e. The maximum absolute atomic E-state index is 13.3. The highest BCUT2D eigenvalue weighted by Gasteiger charge is 2.11. The van der Waals surface area contributed by atoms with Crippen molar-refractivity contribution in [3.8, 4) is 6.07 Å². The average Bonchev–Trinajstić information content (AvgIpc) is 2.46. The summed E-state index contributed by atoms with van der Waals surface area (Å²) in [5.74, 6) is -0.253. The van der Waals surface area contributed by atoms with E-state index in [1.54, 1.807) is 18.2 Å². The molecule has 0 amide bonds. The second kappa shape index (κ2) is 6.40. The highest BCUT2D eigenvalue weighted by atomic mass is 35.5. The molecule has 4 heteroatoms. The lowest BCUT2D eigenvalue weighted by atomic mass is 10.0. The minimum atomic E-state index is -0.253. The molecule has 2 rings (SSSR count). The number of rotatable bonds is 4. The summed E-state index contributed by atoms with van der Waals surface area (Å²) in [6.45, 7) is 2.02. The Bertz CT molecular complexity index is 649. The van der Waals surface area contributed by atoms with Crippen molar-refractivity contribution in [3.63, 3.8) is 0 Å². The Morgan fingerprint density at radius 1 is 1.30 bits per heavy atom. The van der Waals surface area contributed by atoms with Gasteiger partial charge in [-0.15, -0.1) is 0 Å². The van der Waals surface area contributed by atoms with Gasteiger partial charge >= 0.3 is 0 Å². The molecule has 2 aromatic rings. The predicted octanol–water partition coefficient (Wildman–Crippen LogP) is 4.91. The number of nitriles is 1. The second-order valence-electron chi connectivity index (χ2n) is 4.47. The van der Waals surface area contributed by atoms with Gasteiger partial charge in [-0.1, -0.05) is 30.7 Å². The van der Waals surface area contributed by atoms with Crippen molar-refractivity contribution in [1.82, 2.24) is 0 Å². The summed E-state index contributed by atoms with van der Waals surface area (Å²) in [6.07, 6.45) is 0.800. The van der Waals surface area contributed by atoms with Crippen molar-refractivity contribution in [3.05, 3.63) is 64.4 Å². The molecule has 0 bridgehead atoms. The zero-order valence-corrected chi connectivity index (χ0v) is 11.8. The SMILES string of the molecule is CCC(Nc1ccc(Cl)c(C#N)c1)c1cccc(F)c1. The smallest absolute Gasteiger partial charge is 0.123 e. The highest BCUT2D eigenvalue weighted by molar-refractivity contribution is 6.31. The Labute approximate surface area is 122 Å². The maximum atomic E-state index is 13.3. The van der Waals surface area contributed by atoms with Crippen LogP contribution < -0.4 is 5.32 Å². The van der Waals surface area contributed by atoms with Crippen molar-refractivity contribution < 1.29 is 4.39 Å². The number of nitrogens with zero attached hydrogens (tertiary/aromatic N) is 1. The summed E-state index contributed by atoms with van der Waals surface area (Å²) in [4.78, 5) is 0. The monoisotopic (exact) mass is 288 g/mol. The molecule has 0 aliphatic rings. The van der Waals surface area contributed by atoms with Crippen LogP contribution in [0.4, 0.5) is 10.1 Å². The Kier molecular flexibility index (Phi) is 4.60. The summed E-state index contributed by atoms with van der Waals surface area (Å²) >= 11 is 5.90. The van der Waals surface area contributed by atoms with E-state index in [4.69, 9.17) is 16.9 Å². The van der Waals surface area contributed by atoms with E-state index >= 15 is 0 Å². The third-order valence-electron chi connectivity index (χ3n) is 3.09. The van der Waals surface area contributed by atoms with Crippen LogP contribution in [-0.4, -0.2) is 0 Å². The fourth-order valence-electron chi connectivity index (χ4n) is 2.05. The fraction of sp³-hybridized carbons (Fsp3) is 0.188. The lowest BCUT2D eigenvalue weighted by Gasteiger charge is -2.19. The molecule has 1 unspecified atom stereocenters. The largest absolute Gasteiger partial charge is 0.378 e. The lowest BCUT2D eigenvalue weighted by Crippen LogP contribution is -2.10.